The molecule has 0 unspecified atom stereocenters. The Bertz CT molecular complexity index is 2590. The van der Waals surface area contributed by atoms with Crippen LogP contribution in [0.5, 0.6) is 0 Å². The normalized spacial score (nSPS) is 12.3. The van der Waals surface area contributed by atoms with Crippen LogP contribution in [0.15, 0.2) is 127 Å². The van der Waals surface area contributed by atoms with Gasteiger partial charge >= 0.3 is 0 Å². The van der Waals surface area contributed by atoms with Crippen molar-refractivity contribution in [3.05, 3.63) is 127 Å². The van der Waals surface area contributed by atoms with Crippen molar-refractivity contribution in [3.8, 4) is 39.5 Å². The van der Waals surface area contributed by atoms with Gasteiger partial charge in [0.25, 0.3) is 0 Å². The average Bonchev–Trinajstić information content (AvgIpc) is 3.69. The lowest BCUT2D eigenvalue weighted by atomic mass is 10.0. The molecule has 1 aliphatic rings. The monoisotopic (exact) mass is 551 g/mol. The largest absolute Gasteiger partial charge is 0.278 e. The van der Waals surface area contributed by atoms with E-state index in [1.807, 2.05) is 11.3 Å². The van der Waals surface area contributed by atoms with Crippen LogP contribution in [0.1, 0.15) is 0 Å². The highest BCUT2D eigenvalue weighted by Crippen LogP contribution is 2.46. The second-order valence-electron chi connectivity index (χ2n) is 11.0. The third-order valence-corrected chi connectivity index (χ3v) is 9.92. The molecule has 194 valence electrons. The lowest BCUT2D eigenvalue weighted by molar-refractivity contribution is 1.02. The van der Waals surface area contributed by atoms with Gasteiger partial charge in [0.05, 0.1) is 22.2 Å². The topological polar surface area (TPSA) is 30.7 Å². The van der Waals surface area contributed by atoms with Gasteiger partial charge in [0, 0.05) is 41.9 Å². The zero-order valence-electron chi connectivity index (χ0n) is 22.4. The molecule has 0 radical (unpaired) electrons. The van der Waals surface area contributed by atoms with Gasteiger partial charge in [-0.3, -0.25) is 4.57 Å². The Balaban J connectivity index is 1.22. The third-order valence-electron chi connectivity index (χ3n) is 8.77. The van der Waals surface area contributed by atoms with E-state index in [-0.39, 0.29) is 0 Å². The Labute approximate surface area is 245 Å². The molecule has 0 saturated carbocycles. The number of thiophene rings is 1. The number of benzene rings is 6. The number of aromatic nitrogens is 3. The van der Waals surface area contributed by atoms with Crippen LogP contribution in [0.25, 0.3) is 92.3 Å². The van der Waals surface area contributed by atoms with E-state index in [2.05, 4.69) is 132 Å². The minimum Gasteiger partial charge on any atom is -0.278 e. The van der Waals surface area contributed by atoms with E-state index in [4.69, 9.17) is 9.97 Å². The van der Waals surface area contributed by atoms with Crippen molar-refractivity contribution in [2.75, 3.05) is 0 Å². The zero-order valence-corrected chi connectivity index (χ0v) is 23.2. The van der Waals surface area contributed by atoms with Gasteiger partial charge in [-0.1, -0.05) is 84.9 Å². The van der Waals surface area contributed by atoms with Gasteiger partial charge in [0.2, 0.25) is 5.95 Å². The second kappa shape index (κ2) is 8.12. The summed E-state index contributed by atoms with van der Waals surface area (Å²) in [6.45, 7) is 0. The van der Waals surface area contributed by atoms with Gasteiger partial charge in [-0.15, -0.1) is 11.3 Å². The van der Waals surface area contributed by atoms with Crippen LogP contribution in [0.3, 0.4) is 0 Å². The maximum atomic E-state index is 5.25. The van der Waals surface area contributed by atoms with E-state index in [0.29, 0.717) is 5.95 Å². The highest BCUT2D eigenvalue weighted by atomic mass is 32.1. The highest BCUT2D eigenvalue weighted by Gasteiger charge is 2.25. The van der Waals surface area contributed by atoms with E-state index in [1.165, 1.54) is 58.8 Å². The predicted molar refractivity (Wildman–Crippen MR) is 177 cm³/mol. The molecule has 0 fully saturated rings. The summed E-state index contributed by atoms with van der Waals surface area (Å²) < 4.78 is 4.88. The Kier molecular flexibility index (Phi) is 4.33. The summed E-state index contributed by atoms with van der Waals surface area (Å²) in [4.78, 5) is 10.4. The molecule has 0 aliphatic heterocycles. The van der Waals surface area contributed by atoms with E-state index in [1.54, 1.807) is 0 Å². The maximum absolute atomic E-state index is 5.25. The number of hydrogen-bond donors (Lipinski definition) is 0. The molecule has 42 heavy (non-hydrogen) atoms. The van der Waals surface area contributed by atoms with E-state index < -0.39 is 0 Å². The SMILES string of the molecule is c1ccc2c(c1)-c1cccc3nc(-n4c5ccccc5c5cc(-c6ccc7sc8ccccc8c7c6)ccc54)nc-2c13. The summed E-state index contributed by atoms with van der Waals surface area (Å²) >= 11 is 1.86. The first-order chi connectivity index (χ1) is 20.8. The first-order valence-corrected chi connectivity index (χ1v) is 15.0. The highest BCUT2D eigenvalue weighted by molar-refractivity contribution is 7.25. The average molecular weight is 552 g/mol. The summed E-state index contributed by atoms with van der Waals surface area (Å²) in [6.07, 6.45) is 0. The molecule has 10 rings (SSSR count). The Hall–Kier alpha value is -5.32. The van der Waals surface area contributed by atoms with Crippen LogP contribution in [-0.2, 0) is 0 Å². The number of fused-ring (bicyclic) bond motifs is 9. The molecule has 3 nitrogen and oxygen atoms in total. The molecule has 1 aliphatic carbocycles. The molecule has 3 heterocycles. The van der Waals surface area contributed by atoms with Crippen molar-refractivity contribution in [1.82, 2.24) is 14.5 Å². The van der Waals surface area contributed by atoms with Crippen LogP contribution < -0.4 is 0 Å². The fraction of sp³-hybridized carbons (Fsp3) is 0. The second-order valence-corrected chi connectivity index (χ2v) is 12.1. The first kappa shape index (κ1) is 22.4. The molecule has 0 bridgehead atoms. The fourth-order valence-corrected chi connectivity index (χ4v) is 7.97. The van der Waals surface area contributed by atoms with Crippen LogP contribution in [0, 0.1) is 0 Å². The van der Waals surface area contributed by atoms with Gasteiger partial charge in [-0.05, 0) is 64.7 Å². The number of hydrogen-bond acceptors (Lipinski definition) is 3. The Morgan fingerprint density at radius 2 is 1.17 bits per heavy atom. The van der Waals surface area contributed by atoms with Gasteiger partial charge in [-0.2, -0.15) is 0 Å². The van der Waals surface area contributed by atoms with E-state index in [0.717, 1.165) is 27.6 Å². The summed E-state index contributed by atoms with van der Waals surface area (Å²) in [7, 11) is 0. The smallest absolute Gasteiger partial charge is 0.235 e. The first-order valence-electron chi connectivity index (χ1n) is 14.2. The molecule has 3 aromatic heterocycles. The Morgan fingerprint density at radius 1 is 0.476 bits per heavy atom. The minimum atomic E-state index is 0.705. The number of para-hydroxylation sites is 1. The minimum absolute atomic E-state index is 0.705. The summed E-state index contributed by atoms with van der Waals surface area (Å²) in [5.41, 5.74) is 10.3. The van der Waals surface area contributed by atoms with Crippen molar-refractivity contribution in [2.24, 2.45) is 0 Å². The van der Waals surface area contributed by atoms with Gasteiger partial charge in [0.1, 0.15) is 0 Å². The van der Waals surface area contributed by atoms with Crippen LogP contribution in [0.4, 0.5) is 0 Å². The van der Waals surface area contributed by atoms with Crippen LogP contribution in [-0.4, -0.2) is 14.5 Å². The molecular formula is C38H21N3S. The molecule has 9 aromatic rings. The molecule has 0 atom stereocenters. The molecular weight excluding hydrogens is 531 g/mol. The van der Waals surface area contributed by atoms with Crippen LogP contribution in [0.2, 0.25) is 0 Å². The zero-order chi connectivity index (χ0) is 27.4. The third kappa shape index (κ3) is 2.94. The van der Waals surface area contributed by atoms with Gasteiger partial charge in [-0.25, -0.2) is 9.97 Å². The summed E-state index contributed by atoms with van der Waals surface area (Å²) in [5.74, 6) is 0.705. The fourth-order valence-electron chi connectivity index (χ4n) is 6.89. The lowest BCUT2D eigenvalue weighted by Crippen LogP contribution is -2.02. The molecule has 6 aromatic carbocycles. The van der Waals surface area contributed by atoms with Crippen molar-refractivity contribution in [3.63, 3.8) is 0 Å². The van der Waals surface area contributed by atoms with Gasteiger partial charge in [0.15, 0.2) is 0 Å². The number of nitrogens with zero attached hydrogens (tertiary/aromatic N) is 3. The van der Waals surface area contributed by atoms with Gasteiger partial charge < -0.3 is 0 Å². The predicted octanol–water partition coefficient (Wildman–Crippen LogP) is 10.4. The van der Waals surface area contributed by atoms with E-state index in [9.17, 15) is 0 Å². The maximum Gasteiger partial charge on any atom is 0.235 e. The molecule has 0 N–H and O–H groups in total. The van der Waals surface area contributed by atoms with Crippen molar-refractivity contribution >= 4 is 64.2 Å². The van der Waals surface area contributed by atoms with Crippen molar-refractivity contribution in [2.45, 2.75) is 0 Å². The van der Waals surface area contributed by atoms with Crippen molar-refractivity contribution in [1.29, 1.82) is 0 Å². The quantitative estimate of drug-likeness (QED) is 0.214. The number of rotatable bonds is 2. The summed E-state index contributed by atoms with van der Waals surface area (Å²) in [6, 6.07) is 45.9. The molecule has 0 spiro atoms. The molecule has 4 heteroatoms. The summed E-state index contributed by atoms with van der Waals surface area (Å²) in [5, 5.41) is 6.18. The molecule has 0 amide bonds. The lowest BCUT2D eigenvalue weighted by Gasteiger charge is -2.10. The van der Waals surface area contributed by atoms with Crippen molar-refractivity contribution < 1.29 is 0 Å². The van der Waals surface area contributed by atoms with E-state index >= 15 is 0 Å². The Morgan fingerprint density at radius 3 is 2.10 bits per heavy atom. The standard InChI is InChI=1S/C38H21N3S/c1-2-11-28-24(8-1)27-12-7-13-31-36(27)37(28)40-38(39-31)41-32-14-5-3-9-25(32)29-20-22(16-18-33(29)41)23-17-19-35-30(21-23)26-10-4-6-15-34(26)42-35/h1-21H. The van der Waals surface area contributed by atoms with Crippen LogP contribution >= 0.6 is 11.3 Å². The molecule has 0 saturated heterocycles.